The first-order valence-corrected chi connectivity index (χ1v) is 8.52. The molecule has 3 atom stereocenters. The Morgan fingerprint density at radius 3 is 2.95 bits per heavy atom. The van der Waals surface area contributed by atoms with Crippen LogP contribution in [0.15, 0.2) is 12.1 Å². The number of hydrogen-bond acceptors (Lipinski definition) is 3. The Kier molecular flexibility index (Phi) is 4.45. The van der Waals surface area contributed by atoms with Gasteiger partial charge in [-0.25, -0.2) is 0 Å². The summed E-state index contributed by atoms with van der Waals surface area (Å²) in [5, 5.41) is 0. The van der Waals surface area contributed by atoms with Crippen LogP contribution in [0.5, 0.6) is 0 Å². The summed E-state index contributed by atoms with van der Waals surface area (Å²) in [6.07, 6.45) is 5.98. The molecule has 108 valence electrons. The van der Waals surface area contributed by atoms with Gasteiger partial charge in [0.05, 0.1) is 11.4 Å². The molecule has 0 radical (unpaired) electrons. The van der Waals surface area contributed by atoms with Crippen molar-refractivity contribution in [1.29, 1.82) is 0 Å². The van der Waals surface area contributed by atoms with E-state index in [0.717, 1.165) is 29.2 Å². The summed E-state index contributed by atoms with van der Waals surface area (Å²) in [4.78, 5) is 5.05. The van der Waals surface area contributed by atoms with E-state index in [1.807, 2.05) is 0 Å². The van der Waals surface area contributed by atoms with Crippen molar-refractivity contribution in [1.82, 2.24) is 4.90 Å². The Labute approximate surface area is 126 Å². The summed E-state index contributed by atoms with van der Waals surface area (Å²) in [6, 6.07) is 4.33. The highest BCUT2D eigenvalue weighted by Crippen LogP contribution is 2.48. The second-order valence-corrected chi connectivity index (χ2v) is 7.57. The first kappa shape index (κ1) is 14.1. The Morgan fingerprint density at radius 2 is 2.25 bits per heavy atom. The smallest absolute Gasteiger partial charge is 0.0772 e. The number of nitrogens with zero attached hydrogens (tertiary/aromatic N) is 1. The molecule has 1 heterocycles. The molecular formula is C17H24N2S. The molecular weight excluding hydrogens is 264 g/mol. The molecule has 0 amide bonds. The van der Waals surface area contributed by atoms with Crippen molar-refractivity contribution in [2.75, 3.05) is 20.1 Å². The van der Waals surface area contributed by atoms with Crippen molar-refractivity contribution in [3.8, 4) is 11.8 Å². The van der Waals surface area contributed by atoms with E-state index in [2.05, 4.69) is 35.9 Å². The zero-order valence-corrected chi connectivity index (χ0v) is 13.1. The van der Waals surface area contributed by atoms with E-state index in [4.69, 9.17) is 5.73 Å². The van der Waals surface area contributed by atoms with E-state index in [1.54, 1.807) is 11.3 Å². The Hall–Kier alpha value is -0.820. The number of hydrogen-bond donors (Lipinski definition) is 1. The Morgan fingerprint density at radius 1 is 1.35 bits per heavy atom. The van der Waals surface area contributed by atoms with Gasteiger partial charge in [-0.3, -0.25) is 0 Å². The molecule has 3 unspecified atom stereocenters. The van der Waals surface area contributed by atoms with E-state index in [-0.39, 0.29) is 0 Å². The van der Waals surface area contributed by atoms with Crippen molar-refractivity contribution >= 4 is 11.3 Å². The summed E-state index contributed by atoms with van der Waals surface area (Å²) < 4.78 is 0. The zero-order valence-electron chi connectivity index (χ0n) is 12.3. The van der Waals surface area contributed by atoms with Crippen molar-refractivity contribution in [3.05, 3.63) is 21.9 Å². The SMILES string of the molecule is CN(Cc1ccc(C#CCN)s1)CC1CC2CCC1C2. The van der Waals surface area contributed by atoms with Crippen LogP contribution in [-0.2, 0) is 6.54 Å². The molecule has 0 saturated heterocycles. The van der Waals surface area contributed by atoms with Crippen molar-refractivity contribution in [2.24, 2.45) is 23.5 Å². The van der Waals surface area contributed by atoms with Crippen LogP contribution >= 0.6 is 11.3 Å². The lowest BCUT2D eigenvalue weighted by Crippen LogP contribution is -2.28. The molecule has 2 fully saturated rings. The third-order valence-corrected chi connectivity index (χ3v) is 5.82. The molecule has 0 aliphatic heterocycles. The molecule has 1 aromatic rings. The summed E-state index contributed by atoms with van der Waals surface area (Å²) in [5.74, 6) is 9.07. The predicted molar refractivity (Wildman–Crippen MR) is 85.5 cm³/mol. The maximum absolute atomic E-state index is 5.41. The molecule has 3 rings (SSSR count). The van der Waals surface area contributed by atoms with Gasteiger partial charge in [-0.1, -0.05) is 18.3 Å². The standard InChI is InChI=1S/C17H24N2S/c1-19(11-15-10-13-4-5-14(15)9-13)12-17-7-6-16(20-17)3-2-8-18/h6-7,13-15H,4-5,8-12,18H2,1H3. The first-order valence-electron chi connectivity index (χ1n) is 7.71. The summed E-state index contributed by atoms with van der Waals surface area (Å²) >= 11 is 1.80. The lowest BCUT2D eigenvalue weighted by molar-refractivity contribution is 0.216. The topological polar surface area (TPSA) is 29.3 Å². The predicted octanol–water partition coefficient (Wildman–Crippen LogP) is 2.93. The number of nitrogens with two attached hydrogens (primary N) is 1. The fraction of sp³-hybridized carbons (Fsp3) is 0.647. The van der Waals surface area contributed by atoms with Crippen LogP contribution in [0.1, 0.15) is 35.4 Å². The van der Waals surface area contributed by atoms with Crippen molar-refractivity contribution in [3.63, 3.8) is 0 Å². The van der Waals surface area contributed by atoms with Crippen LogP contribution in [0.3, 0.4) is 0 Å². The maximum Gasteiger partial charge on any atom is 0.0772 e. The Bertz CT molecular complexity index is 511. The van der Waals surface area contributed by atoms with E-state index in [0.29, 0.717) is 6.54 Å². The summed E-state index contributed by atoms with van der Waals surface area (Å²) in [7, 11) is 2.26. The quantitative estimate of drug-likeness (QED) is 0.863. The minimum atomic E-state index is 0.442. The normalized spacial score (nSPS) is 27.9. The van der Waals surface area contributed by atoms with Gasteiger partial charge in [0.1, 0.15) is 0 Å². The molecule has 3 heteroatoms. The van der Waals surface area contributed by atoms with Gasteiger partial charge in [0.15, 0.2) is 0 Å². The second kappa shape index (κ2) is 6.30. The molecule has 2 aliphatic carbocycles. The zero-order chi connectivity index (χ0) is 13.9. The van der Waals surface area contributed by atoms with E-state index >= 15 is 0 Å². The third-order valence-electron chi connectivity index (χ3n) is 4.83. The number of fused-ring (bicyclic) bond motifs is 2. The lowest BCUT2D eigenvalue weighted by Gasteiger charge is -2.26. The molecule has 1 aromatic heterocycles. The molecule has 2 nitrogen and oxygen atoms in total. The van der Waals surface area contributed by atoms with Crippen LogP contribution < -0.4 is 5.73 Å². The monoisotopic (exact) mass is 288 g/mol. The highest BCUT2D eigenvalue weighted by molar-refractivity contribution is 7.12. The van der Waals surface area contributed by atoms with Gasteiger partial charge in [0, 0.05) is 18.0 Å². The highest BCUT2D eigenvalue weighted by Gasteiger charge is 2.39. The summed E-state index contributed by atoms with van der Waals surface area (Å²) in [5.41, 5.74) is 5.41. The molecule has 0 aromatic carbocycles. The Balaban J connectivity index is 1.51. The van der Waals surface area contributed by atoms with Crippen molar-refractivity contribution in [2.45, 2.75) is 32.2 Å². The first-order chi connectivity index (χ1) is 9.74. The minimum Gasteiger partial charge on any atom is -0.320 e. The largest absolute Gasteiger partial charge is 0.320 e. The van der Waals surface area contributed by atoms with Crippen LogP contribution in [0.25, 0.3) is 0 Å². The van der Waals surface area contributed by atoms with Gasteiger partial charge in [-0.15, -0.1) is 11.3 Å². The molecule has 0 spiro atoms. The van der Waals surface area contributed by atoms with Gasteiger partial charge >= 0.3 is 0 Å². The van der Waals surface area contributed by atoms with Crippen LogP contribution in [-0.4, -0.2) is 25.0 Å². The van der Waals surface area contributed by atoms with Crippen LogP contribution in [0, 0.1) is 29.6 Å². The van der Waals surface area contributed by atoms with Gasteiger partial charge in [-0.2, -0.15) is 0 Å². The number of thiophene rings is 1. The van der Waals surface area contributed by atoms with E-state index in [9.17, 15) is 0 Å². The average Bonchev–Trinajstić information content (AvgIpc) is 3.12. The maximum atomic E-state index is 5.41. The third kappa shape index (κ3) is 3.25. The fourth-order valence-corrected chi connectivity index (χ4v) is 4.96. The second-order valence-electron chi connectivity index (χ2n) is 6.40. The summed E-state index contributed by atoms with van der Waals surface area (Å²) in [6.45, 7) is 2.77. The molecule has 2 N–H and O–H groups in total. The van der Waals surface area contributed by atoms with Crippen LogP contribution in [0.4, 0.5) is 0 Å². The molecule has 20 heavy (non-hydrogen) atoms. The van der Waals surface area contributed by atoms with Crippen molar-refractivity contribution < 1.29 is 0 Å². The van der Waals surface area contributed by atoms with E-state index < -0.39 is 0 Å². The number of rotatable bonds is 4. The minimum absolute atomic E-state index is 0.442. The van der Waals surface area contributed by atoms with Crippen LogP contribution in [0.2, 0.25) is 0 Å². The lowest BCUT2D eigenvalue weighted by atomic mass is 9.88. The van der Waals surface area contributed by atoms with E-state index in [1.165, 1.54) is 37.1 Å². The van der Waals surface area contributed by atoms with Gasteiger partial charge in [-0.05, 0) is 56.2 Å². The molecule has 2 bridgehead atoms. The van der Waals surface area contributed by atoms with Gasteiger partial charge < -0.3 is 10.6 Å². The fourth-order valence-electron chi connectivity index (χ4n) is 4.00. The molecule has 2 aliphatic rings. The highest BCUT2D eigenvalue weighted by atomic mass is 32.1. The van der Waals surface area contributed by atoms with Gasteiger partial charge in [0.2, 0.25) is 0 Å². The van der Waals surface area contributed by atoms with Gasteiger partial charge in [0.25, 0.3) is 0 Å². The average molecular weight is 288 g/mol. The molecule has 2 saturated carbocycles.